The second kappa shape index (κ2) is 7.67. The number of nitrogens with one attached hydrogen (secondary N) is 2. The van der Waals surface area contributed by atoms with E-state index in [1.165, 1.54) is 0 Å². The number of hydrogen-bond acceptors (Lipinski definition) is 6. The number of nitrogens with zero attached hydrogens (tertiary/aromatic N) is 5. The summed E-state index contributed by atoms with van der Waals surface area (Å²) in [4.78, 5) is 23.4. The average Bonchev–Trinajstić information content (AvgIpc) is 3.35. The number of rotatable bonds is 4. The van der Waals surface area contributed by atoms with Crippen molar-refractivity contribution in [2.24, 2.45) is 14.1 Å². The molecule has 1 atom stereocenters. The maximum Gasteiger partial charge on any atom is 0.264 e. The van der Waals surface area contributed by atoms with Crippen LogP contribution in [-0.2, 0) is 14.1 Å². The average molecular weight is 442 g/mol. The van der Waals surface area contributed by atoms with Gasteiger partial charge in [0.15, 0.2) is 0 Å². The highest BCUT2D eigenvalue weighted by Gasteiger charge is 2.24. The third-order valence-electron chi connectivity index (χ3n) is 5.93. The summed E-state index contributed by atoms with van der Waals surface area (Å²) in [6.07, 6.45) is 4.32. The van der Waals surface area contributed by atoms with Gasteiger partial charge in [0.05, 0.1) is 15.9 Å². The fraction of sp³-hybridized carbons (Fsp3) is 0.381. The molecule has 162 valence electrons. The minimum Gasteiger partial charge on any atom is -0.396 e. The molecule has 4 aromatic rings. The standard InChI is InChI=1S/C21H24ClN7O2/c1-27-11-15-16(26-27)4-3-13(18(15)22)14-9-24-19-17(14)20(31)28(2)21(25-19)29-7-6-23-12(10-29)5-8-30/h3-4,9,11-12,23-24,30H,5-8,10H2,1-2H3/t12-/m1/s1. The van der Waals surface area contributed by atoms with Gasteiger partial charge in [0.25, 0.3) is 5.56 Å². The molecule has 4 heterocycles. The lowest BCUT2D eigenvalue weighted by Gasteiger charge is -2.34. The molecule has 0 spiro atoms. The molecule has 0 amide bonds. The lowest BCUT2D eigenvalue weighted by Crippen LogP contribution is -2.52. The number of aliphatic hydroxyl groups is 1. The third kappa shape index (κ3) is 3.29. The highest BCUT2D eigenvalue weighted by atomic mass is 35.5. The van der Waals surface area contributed by atoms with Gasteiger partial charge < -0.3 is 20.3 Å². The van der Waals surface area contributed by atoms with Crippen LogP contribution < -0.4 is 15.8 Å². The van der Waals surface area contributed by atoms with Gasteiger partial charge in [0.1, 0.15) is 5.65 Å². The largest absolute Gasteiger partial charge is 0.396 e. The van der Waals surface area contributed by atoms with Crippen LogP contribution in [0.5, 0.6) is 0 Å². The van der Waals surface area contributed by atoms with E-state index in [1.54, 1.807) is 22.5 Å². The van der Waals surface area contributed by atoms with Gasteiger partial charge >= 0.3 is 0 Å². The Morgan fingerprint density at radius 1 is 1.29 bits per heavy atom. The number of aromatic nitrogens is 5. The summed E-state index contributed by atoms with van der Waals surface area (Å²) in [5.74, 6) is 0.615. The molecule has 9 nitrogen and oxygen atoms in total. The Morgan fingerprint density at radius 3 is 2.94 bits per heavy atom. The normalized spacial score (nSPS) is 17.2. The molecule has 1 saturated heterocycles. The van der Waals surface area contributed by atoms with Crippen LogP contribution in [0.3, 0.4) is 0 Å². The molecule has 1 fully saturated rings. The summed E-state index contributed by atoms with van der Waals surface area (Å²) in [6, 6.07) is 3.96. The van der Waals surface area contributed by atoms with Gasteiger partial charge in [0.2, 0.25) is 5.95 Å². The Bertz CT molecular complexity index is 1340. The van der Waals surface area contributed by atoms with Gasteiger partial charge in [-0.25, -0.2) is 0 Å². The molecule has 0 unspecified atom stereocenters. The second-order valence-corrected chi connectivity index (χ2v) is 8.35. The smallest absolute Gasteiger partial charge is 0.264 e. The number of benzene rings is 1. The van der Waals surface area contributed by atoms with Crippen LogP contribution in [0.25, 0.3) is 33.1 Å². The number of aromatic amines is 1. The summed E-state index contributed by atoms with van der Waals surface area (Å²) < 4.78 is 3.32. The Balaban J connectivity index is 1.61. The lowest BCUT2D eigenvalue weighted by molar-refractivity contribution is 0.259. The molecule has 3 aromatic heterocycles. The highest BCUT2D eigenvalue weighted by Crippen LogP contribution is 2.36. The number of aryl methyl sites for hydroxylation is 1. The molecule has 31 heavy (non-hydrogen) atoms. The van der Waals surface area contributed by atoms with Gasteiger partial charge in [-0.05, 0) is 12.5 Å². The zero-order chi connectivity index (χ0) is 21.7. The van der Waals surface area contributed by atoms with E-state index in [1.807, 2.05) is 25.4 Å². The Labute approximate surface area is 183 Å². The van der Waals surface area contributed by atoms with Crippen LogP contribution in [0.4, 0.5) is 5.95 Å². The lowest BCUT2D eigenvalue weighted by atomic mass is 10.0. The number of hydrogen-bond donors (Lipinski definition) is 3. The predicted molar refractivity (Wildman–Crippen MR) is 122 cm³/mol. The first kappa shape index (κ1) is 20.0. The Kier molecular flexibility index (Phi) is 4.96. The number of fused-ring (bicyclic) bond motifs is 2. The molecule has 5 rings (SSSR count). The zero-order valence-electron chi connectivity index (χ0n) is 17.4. The van der Waals surface area contributed by atoms with Gasteiger partial charge in [-0.1, -0.05) is 17.7 Å². The van der Waals surface area contributed by atoms with Gasteiger partial charge in [-0.2, -0.15) is 10.1 Å². The first-order chi connectivity index (χ1) is 15.0. The summed E-state index contributed by atoms with van der Waals surface area (Å²) in [5, 5.41) is 19.0. The predicted octanol–water partition coefficient (Wildman–Crippen LogP) is 1.63. The fourth-order valence-corrected chi connectivity index (χ4v) is 4.70. The number of anilines is 1. The monoisotopic (exact) mass is 441 g/mol. The Hall–Kier alpha value is -2.88. The van der Waals surface area contributed by atoms with E-state index in [2.05, 4.69) is 20.3 Å². The van der Waals surface area contributed by atoms with Crippen LogP contribution in [0.15, 0.2) is 29.3 Å². The molecule has 10 heteroatoms. The first-order valence-electron chi connectivity index (χ1n) is 10.3. The van der Waals surface area contributed by atoms with Crippen molar-refractivity contribution in [2.75, 3.05) is 31.1 Å². The van der Waals surface area contributed by atoms with E-state index < -0.39 is 0 Å². The molecule has 3 N–H and O–H groups in total. The molecular formula is C21H24ClN7O2. The van der Waals surface area contributed by atoms with Gasteiger partial charge in [-0.3, -0.25) is 14.0 Å². The quantitative estimate of drug-likeness (QED) is 0.444. The molecule has 0 radical (unpaired) electrons. The summed E-state index contributed by atoms with van der Waals surface area (Å²) in [5.41, 5.74) is 2.71. The molecule has 0 bridgehead atoms. The maximum absolute atomic E-state index is 13.4. The highest BCUT2D eigenvalue weighted by molar-refractivity contribution is 6.38. The van der Waals surface area contributed by atoms with Crippen molar-refractivity contribution in [1.29, 1.82) is 0 Å². The molecule has 1 aliphatic rings. The van der Waals surface area contributed by atoms with E-state index in [0.29, 0.717) is 35.0 Å². The van der Waals surface area contributed by atoms with E-state index >= 15 is 0 Å². The van der Waals surface area contributed by atoms with Crippen molar-refractivity contribution in [1.82, 2.24) is 29.6 Å². The van der Waals surface area contributed by atoms with Gasteiger partial charge in [0, 0.05) is 75.3 Å². The third-order valence-corrected chi connectivity index (χ3v) is 6.34. The van der Waals surface area contributed by atoms with Gasteiger partial charge in [-0.15, -0.1) is 0 Å². The molecule has 1 aliphatic heterocycles. The number of aliphatic hydroxyl groups excluding tert-OH is 1. The van der Waals surface area contributed by atoms with Crippen LogP contribution in [0.1, 0.15) is 6.42 Å². The van der Waals surface area contributed by atoms with E-state index in [4.69, 9.17) is 16.6 Å². The number of piperazine rings is 1. The Morgan fingerprint density at radius 2 is 2.13 bits per heavy atom. The van der Waals surface area contributed by atoms with Crippen LogP contribution in [0.2, 0.25) is 5.02 Å². The van der Waals surface area contributed by atoms with Crippen LogP contribution in [0, 0.1) is 0 Å². The SMILES string of the molecule is Cn1cc2c(Cl)c(-c3c[nH]c4nc(N5CCN[C@H](CCO)C5)n(C)c(=O)c34)ccc2n1. The zero-order valence-corrected chi connectivity index (χ0v) is 18.1. The van der Waals surface area contributed by atoms with E-state index in [-0.39, 0.29) is 18.2 Å². The van der Waals surface area contributed by atoms with Crippen molar-refractivity contribution in [3.63, 3.8) is 0 Å². The maximum atomic E-state index is 13.4. The number of halogens is 1. The number of H-pyrrole nitrogens is 1. The topological polar surface area (TPSA) is 104 Å². The summed E-state index contributed by atoms with van der Waals surface area (Å²) in [6.45, 7) is 2.32. The fourth-order valence-electron chi connectivity index (χ4n) is 4.39. The van der Waals surface area contributed by atoms with E-state index in [9.17, 15) is 9.90 Å². The molecular weight excluding hydrogens is 418 g/mol. The van der Waals surface area contributed by atoms with Crippen LogP contribution in [-0.4, -0.2) is 61.7 Å². The molecule has 0 saturated carbocycles. The summed E-state index contributed by atoms with van der Waals surface area (Å²) >= 11 is 6.71. The van der Waals surface area contributed by atoms with Crippen LogP contribution >= 0.6 is 11.6 Å². The van der Waals surface area contributed by atoms with Crippen molar-refractivity contribution in [3.05, 3.63) is 39.9 Å². The molecule has 1 aromatic carbocycles. The van der Waals surface area contributed by atoms with E-state index in [0.717, 1.165) is 35.1 Å². The van der Waals surface area contributed by atoms with Crippen molar-refractivity contribution in [2.45, 2.75) is 12.5 Å². The second-order valence-electron chi connectivity index (χ2n) is 7.97. The first-order valence-corrected chi connectivity index (χ1v) is 10.6. The minimum absolute atomic E-state index is 0.124. The summed E-state index contributed by atoms with van der Waals surface area (Å²) in [7, 11) is 3.60. The van der Waals surface area contributed by atoms with Crippen molar-refractivity contribution >= 4 is 39.5 Å². The van der Waals surface area contributed by atoms with Crippen molar-refractivity contribution < 1.29 is 5.11 Å². The molecule has 0 aliphatic carbocycles. The van der Waals surface area contributed by atoms with Crippen molar-refractivity contribution in [3.8, 4) is 11.1 Å². The minimum atomic E-state index is -0.129.